The molecule has 0 aliphatic heterocycles. The zero-order valence-electron chi connectivity index (χ0n) is 10.5. The van der Waals surface area contributed by atoms with E-state index in [9.17, 15) is 8.42 Å². The lowest BCUT2D eigenvalue weighted by atomic mass is 10.4. The monoisotopic (exact) mass is 284 g/mol. The standard InChI is InChI=1S/C11H16N4O3S/c1-12-19(16,17)11-4-3-10(18-11)9-13-6-8-15-7-2-5-14-15/h2-5,7,12-13H,6,8-9H2,1H3. The maximum atomic E-state index is 11.5. The van der Waals surface area contributed by atoms with Crippen molar-refractivity contribution in [3.63, 3.8) is 0 Å². The largest absolute Gasteiger partial charge is 0.447 e. The van der Waals surface area contributed by atoms with Gasteiger partial charge in [-0.25, -0.2) is 13.1 Å². The Kier molecular flexibility index (Phi) is 4.35. The van der Waals surface area contributed by atoms with Gasteiger partial charge in [0.1, 0.15) is 5.76 Å². The van der Waals surface area contributed by atoms with Gasteiger partial charge in [-0.2, -0.15) is 5.10 Å². The zero-order valence-corrected chi connectivity index (χ0v) is 11.4. The van der Waals surface area contributed by atoms with Crippen LogP contribution in [-0.2, 0) is 23.1 Å². The van der Waals surface area contributed by atoms with E-state index in [0.29, 0.717) is 12.3 Å². The molecule has 2 aromatic heterocycles. The van der Waals surface area contributed by atoms with Gasteiger partial charge in [0.15, 0.2) is 0 Å². The molecule has 7 nitrogen and oxygen atoms in total. The second-order valence-electron chi connectivity index (χ2n) is 3.87. The van der Waals surface area contributed by atoms with Crippen LogP contribution in [0.2, 0.25) is 0 Å². The molecule has 0 aliphatic carbocycles. The Morgan fingerprint density at radius 1 is 1.42 bits per heavy atom. The molecule has 104 valence electrons. The van der Waals surface area contributed by atoms with Crippen LogP contribution < -0.4 is 10.0 Å². The Morgan fingerprint density at radius 3 is 2.95 bits per heavy atom. The second-order valence-corrected chi connectivity index (χ2v) is 5.69. The molecule has 0 aromatic carbocycles. The smallest absolute Gasteiger partial charge is 0.273 e. The molecule has 0 saturated heterocycles. The minimum Gasteiger partial charge on any atom is -0.447 e. The van der Waals surface area contributed by atoms with Crippen molar-refractivity contribution in [3.05, 3.63) is 36.4 Å². The molecule has 0 amide bonds. The van der Waals surface area contributed by atoms with Crippen molar-refractivity contribution in [3.8, 4) is 0 Å². The fourth-order valence-corrected chi connectivity index (χ4v) is 2.20. The number of hydrogen-bond acceptors (Lipinski definition) is 5. The highest BCUT2D eigenvalue weighted by molar-refractivity contribution is 7.89. The quantitative estimate of drug-likeness (QED) is 0.708. The second kappa shape index (κ2) is 6.00. The molecule has 8 heteroatoms. The lowest BCUT2D eigenvalue weighted by molar-refractivity contribution is 0.397. The third-order valence-corrected chi connectivity index (χ3v) is 3.83. The summed E-state index contributed by atoms with van der Waals surface area (Å²) < 4.78 is 32.2. The van der Waals surface area contributed by atoms with Crippen LogP contribution in [0.3, 0.4) is 0 Å². The van der Waals surface area contributed by atoms with Crippen molar-refractivity contribution in [2.45, 2.75) is 18.2 Å². The van der Waals surface area contributed by atoms with Gasteiger partial charge in [-0.1, -0.05) is 0 Å². The first kappa shape index (κ1) is 13.8. The number of sulfonamides is 1. The van der Waals surface area contributed by atoms with Gasteiger partial charge in [-0.3, -0.25) is 4.68 Å². The normalized spacial score (nSPS) is 11.8. The van der Waals surface area contributed by atoms with Crippen LogP contribution in [-0.4, -0.2) is 31.8 Å². The summed E-state index contributed by atoms with van der Waals surface area (Å²) in [4.78, 5) is 0. The maximum absolute atomic E-state index is 11.5. The molecule has 2 heterocycles. The summed E-state index contributed by atoms with van der Waals surface area (Å²) in [5.74, 6) is 0.578. The van der Waals surface area contributed by atoms with Crippen molar-refractivity contribution >= 4 is 10.0 Å². The third kappa shape index (κ3) is 3.66. The highest BCUT2D eigenvalue weighted by atomic mass is 32.2. The predicted molar refractivity (Wildman–Crippen MR) is 68.9 cm³/mol. The highest BCUT2D eigenvalue weighted by Gasteiger charge is 2.15. The Hall–Kier alpha value is -1.64. The van der Waals surface area contributed by atoms with E-state index in [1.165, 1.54) is 13.1 Å². The summed E-state index contributed by atoms with van der Waals surface area (Å²) in [6.07, 6.45) is 3.60. The summed E-state index contributed by atoms with van der Waals surface area (Å²) in [7, 11) is -2.15. The first-order valence-electron chi connectivity index (χ1n) is 5.82. The van der Waals surface area contributed by atoms with Crippen LogP contribution in [0.5, 0.6) is 0 Å². The molecular weight excluding hydrogens is 268 g/mol. The number of aromatic nitrogens is 2. The van der Waals surface area contributed by atoms with E-state index in [2.05, 4.69) is 15.1 Å². The van der Waals surface area contributed by atoms with Gasteiger partial charge in [-0.05, 0) is 25.2 Å². The van der Waals surface area contributed by atoms with Crippen molar-refractivity contribution in [1.82, 2.24) is 19.8 Å². The van der Waals surface area contributed by atoms with Crippen LogP contribution in [0.4, 0.5) is 0 Å². The molecule has 0 unspecified atom stereocenters. The maximum Gasteiger partial charge on any atom is 0.273 e. The molecule has 2 N–H and O–H groups in total. The number of rotatable bonds is 7. The van der Waals surface area contributed by atoms with Gasteiger partial charge < -0.3 is 9.73 Å². The topological polar surface area (TPSA) is 89.2 Å². The SMILES string of the molecule is CNS(=O)(=O)c1ccc(CNCCn2cccn2)o1. The molecule has 19 heavy (non-hydrogen) atoms. The number of furan rings is 1. The molecule has 0 saturated carbocycles. The third-order valence-electron chi connectivity index (χ3n) is 2.55. The molecule has 0 aliphatic rings. The Morgan fingerprint density at radius 2 is 2.26 bits per heavy atom. The van der Waals surface area contributed by atoms with Crippen LogP contribution in [0.1, 0.15) is 5.76 Å². The molecule has 2 rings (SSSR count). The van der Waals surface area contributed by atoms with Crippen molar-refractivity contribution in [2.24, 2.45) is 0 Å². The van der Waals surface area contributed by atoms with E-state index < -0.39 is 10.0 Å². The average molecular weight is 284 g/mol. The van der Waals surface area contributed by atoms with Gasteiger partial charge in [0, 0.05) is 18.9 Å². The molecule has 0 fully saturated rings. The molecule has 2 aromatic rings. The number of hydrogen-bond donors (Lipinski definition) is 2. The lowest BCUT2D eigenvalue weighted by Crippen LogP contribution is -2.19. The average Bonchev–Trinajstić information content (AvgIpc) is 3.06. The van der Waals surface area contributed by atoms with E-state index in [4.69, 9.17) is 4.42 Å². The van der Waals surface area contributed by atoms with Crippen LogP contribution in [0.15, 0.2) is 40.1 Å². The first-order chi connectivity index (χ1) is 9.12. The van der Waals surface area contributed by atoms with Gasteiger partial charge in [0.25, 0.3) is 10.0 Å². The molecular formula is C11H16N4O3S. The lowest BCUT2D eigenvalue weighted by Gasteiger charge is -2.03. The van der Waals surface area contributed by atoms with Gasteiger partial charge in [0.05, 0.1) is 13.1 Å². The van der Waals surface area contributed by atoms with Gasteiger partial charge in [-0.15, -0.1) is 0 Å². The van der Waals surface area contributed by atoms with Crippen molar-refractivity contribution in [2.75, 3.05) is 13.6 Å². The zero-order chi connectivity index (χ0) is 13.7. The fourth-order valence-electron chi connectivity index (χ4n) is 1.54. The Labute approximate surface area is 111 Å². The van der Waals surface area contributed by atoms with Crippen molar-refractivity contribution < 1.29 is 12.8 Å². The number of nitrogens with one attached hydrogen (secondary N) is 2. The van der Waals surface area contributed by atoms with E-state index in [1.54, 1.807) is 12.3 Å². The minimum atomic E-state index is -3.50. The summed E-state index contributed by atoms with van der Waals surface area (Å²) in [6.45, 7) is 1.94. The van der Waals surface area contributed by atoms with Gasteiger partial charge in [0.2, 0.25) is 5.09 Å². The molecule has 0 spiro atoms. The minimum absolute atomic E-state index is 0.0705. The molecule has 0 radical (unpaired) electrons. The first-order valence-corrected chi connectivity index (χ1v) is 7.30. The van der Waals surface area contributed by atoms with E-state index in [1.807, 2.05) is 16.9 Å². The molecule has 0 bridgehead atoms. The summed E-state index contributed by atoms with van der Waals surface area (Å²) in [6, 6.07) is 4.95. The Bertz CT molecular complexity index is 604. The highest BCUT2D eigenvalue weighted by Crippen LogP contribution is 2.12. The van der Waals surface area contributed by atoms with E-state index >= 15 is 0 Å². The Balaban J connectivity index is 1.81. The fraction of sp³-hybridized carbons (Fsp3) is 0.364. The predicted octanol–water partition coefficient (Wildman–Crippen LogP) is 0.174. The van der Waals surface area contributed by atoms with Crippen LogP contribution in [0.25, 0.3) is 0 Å². The van der Waals surface area contributed by atoms with E-state index in [0.717, 1.165) is 13.1 Å². The van der Waals surface area contributed by atoms with E-state index in [-0.39, 0.29) is 5.09 Å². The van der Waals surface area contributed by atoms with Crippen LogP contribution >= 0.6 is 0 Å². The summed E-state index contributed by atoms with van der Waals surface area (Å²) >= 11 is 0. The van der Waals surface area contributed by atoms with Crippen molar-refractivity contribution in [1.29, 1.82) is 0 Å². The van der Waals surface area contributed by atoms with Crippen LogP contribution in [0, 0.1) is 0 Å². The van der Waals surface area contributed by atoms with Gasteiger partial charge >= 0.3 is 0 Å². The molecule has 0 atom stereocenters. The summed E-state index contributed by atoms with van der Waals surface area (Å²) in [5, 5.41) is 7.16. The number of nitrogens with zero attached hydrogens (tertiary/aromatic N) is 2. The summed E-state index contributed by atoms with van der Waals surface area (Å²) in [5.41, 5.74) is 0.